The Labute approximate surface area is 162 Å². The van der Waals surface area contributed by atoms with Gasteiger partial charge in [0.1, 0.15) is 28.2 Å². The van der Waals surface area contributed by atoms with Crippen LogP contribution in [0.1, 0.15) is 18.5 Å². The van der Waals surface area contributed by atoms with Gasteiger partial charge in [-0.3, -0.25) is 9.20 Å². The van der Waals surface area contributed by atoms with Crippen LogP contribution in [-0.2, 0) is 11.2 Å². The van der Waals surface area contributed by atoms with Crippen LogP contribution in [0.25, 0.3) is 16.6 Å². The minimum absolute atomic E-state index is 0.00179. The zero-order chi connectivity index (χ0) is 19.8. The maximum atomic E-state index is 13.7. The molecule has 6 nitrogen and oxygen atoms in total. The number of thioether (sulfide) groups is 1. The van der Waals surface area contributed by atoms with Crippen molar-refractivity contribution in [2.24, 2.45) is 0 Å². The largest absolute Gasteiger partial charge is 0.460 e. The summed E-state index contributed by atoms with van der Waals surface area (Å²) in [7, 11) is 0. The molecule has 0 spiro atoms. The molecule has 1 amide bonds. The number of aromatic nitrogens is 3. The maximum Gasteiger partial charge on any atom is 0.234 e. The number of anilines is 1. The number of rotatable bonds is 5. The average molecular weight is 402 g/mol. The molecule has 0 bridgehead atoms. The molecular formula is C19H16F2N4O2S. The lowest BCUT2D eigenvalue weighted by molar-refractivity contribution is -0.113. The number of halogens is 2. The van der Waals surface area contributed by atoms with Crippen LogP contribution in [0.2, 0.25) is 0 Å². The molecule has 3 aromatic heterocycles. The third-order valence-electron chi connectivity index (χ3n) is 4.21. The number of hydrogen-bond donors (Lipinski definition) is 1. The van der Waals surface area contributed by atoms with Gasteiger partial charge in [0, 0.05) is 24.6 Å². The molecule has 0 saturated heterocycles. The zero-order valence-corrected chi connectivity index (χ0v) is 15.9. The van der Waals surface area contributed by atoms with Gasteiger partial charge in [-0.15, -0.1) is 10.2 Å². The van der Waals surface area contributed by atoms with Crippen LogP contribution in [-0.4, -0.2) is 26.3 Å². The van der Waals surface area contributed by atoms with Crippen LogP contribution in [0, 0.1) is 18.6 Å². The fourth-order valence-corrected chi connectivity index (χ4v) is 3.73. The van der Waals surface area contributed by atoms with Crippen molar-refractivity contribution >= 4 is 40.0 Å². The highest BCUT2D eigenvalue weighted by molar-refractivity contribution is 8.00. The monoisotopic (exact) mass is 402 g/mol. The molecule has 1 aromatic carbocycles. The van der Waals surface area contributed by atoms with Gasteiger partial charge in [-0.05, 0) is 19.1 Å². The number of nitrogens with zero attached hydrogens (tertiary/aromatic N) is 3. The van der Waals surface area contributed by atoms with Gasteiger partial charge in [-0.1, -0.05) is 18.7 Å². The second-order valence-corrected chi connectivity index (χ2v) is 7.17. The number of carbonyl (C=O) groups is 1. The van der Waals surface area contributed by atoms with Crippen molar-refractivity contribution in [1.29, 1.82) is 0 Å². The van der Waals surface area contributed by atoms with Crippen LogP contribution in [0.3, 0.4) is 0 Å². The Morgan fingerprint density at radius 2 is 2.04 bits per heavy atom. The third kappa shape index (κ3) is 3.33. The first-order chi connectivity index (χ1) is 13.5. The Bertz CT molecular complexity index is 1200. The summed E-state index contributed by atoms with van der Waals surface area (Å²) in [5, 5.41) is 11.5. The average Bonchev–Trinajstić information content (AvgIpc) is 3.18. The predicted molar refractivity (Wildman–Crippen MR) is 103 cm³/mol. The van der Waals surface area contributed by atoms with E-state index in [0.717, 1.165) is 40.3 Å². The summed E-state index contributed by atoms with van der Waals surface area (Å²) in [6.45, 7) is 3.86. The lowest BCUT2D eigenvalue weighted by Gasteiger charge is -2.08. The molecule has 0 unspecified atom stereocenters. The summed E-state index contributed by atoms with van der Waals surface area (Å²) in [4.78, 5) is 12.2. The highest BCUT2D eigenvalue weighted by Gasteiger charge is 2.17. The van der Waals surface area contributed by atoms with Gasteiger partial charge in [0.2, 0.25) is 5.91 Å². The summed E-state index contributed by atoms with van der Waals surface area (Å²) in [6, 6.07) is 6.80. The molecular weight excluding hydrogens is 386 g/mol. The number of benzene rings is 1. The Kier molecular flexibility index (Phi) is 4.76. The van der Waals surface area contributed by atoms with E-state index in [2.05, 4.69) is 15.5 Å². The molecule has 0 radical (unpaired) electrons. The zero-order valence-electron chi connectivity index (χ0n) is 15.1. The SMILES string of the molecule is CCc1nnc(SCC(=O)Nc2ccc(F)cc2F)c2cc3oc(C)cc3n12. The van der Waals surface area contributed by atoms with Gasteiger partial charge in [0.15, 0.2) is 5.58 Å². The maximum absolute atomic E-state index is 13.7. The van der Waals surface area contributed by atoms with E-state index in [4.69, 9.17) is 4.42 Å². The van der Waals surface area contributed by atoms with E-state index in [0.29, 0.717) is 11.4 Å². The minimum atomic E-state index is -0.824. The summed E-state index contributed by atoms with van der Waals surface area (Å²) in [5.41, 5.74) is 2.35. The first-order valence-electron chi connectivity index (χ1n) is 8.61. The van der Waals surface area contributed by atoms with E-state index in [-0.39, 0.29) is 11.4 Å². The van der Waals surface area contributed by atoms with Crippen LogP contribution in [0.4, 0.5) is 14.5 Å². The number of hydrogen-bond acceptors (Lipinski definition) is 5. The van der Waals surface area contributed by atoms with Crippen molar-refractivity contribution in [2.75, 3.05) is 11.1 Å². The molecule has 28 heavy (non-hydrogen) atoms. The van der Waals surface area contributed by atoms with E-state index < -0.39 is 17.5 Å². The van der Waals surface area contributed by atoms with Crippen molar-refractivity contribution in [3.63, 3.8) is 0 Å². The second-order valence-electron chi connectivity index (χ2n) is 6.21. The van der Waals surface area contributed by atoms with Gasteiger partial charge in [-0.25, -0.2) is 8.78 Å². The van der Waals surface area contributed by atoms with Crippen molar-refractivity contribution in [2.45, 2.75) is 25.3 Å². The molecule has 4 aromatic rings. The highest BCUT2D eigenvalue weighted by Crippen LogP contribution is 2.30. The smallest absolute Gasteiger partial charge is 0.234 e. The van der Waals surface area contributed by atoms with Crippen molar-refractivity contribution in [1.82, 2.24) is 14.6 Å². The lowest BCUT2D eigenvalue weighted by Crippen LogP contribution is -2.15. The van der Waals surface area contributed by atoms with Gasteiger partial charge >= 0.3 is 0 Å². The Morgan fingerprint density at radius 1 is 1.21 bits per heavy atom. The second kappa shape index (κ2) is 7.23. The molecule has 3 heterocycles. The quantitative estimate of drug-likeness (QED) is 0.502. The van der Waals surface area contributed by atoms with Crippen LogP contribution in [0.5, 0.6) is 0 Å². The number of aryl methyl sites for hydroxylation is 2. The molecule has 0 atom stereocenters. The standard InChI is InChI=1S/C19H16F2N4O2S/c1-3-17-23-24-19(15-8-16-14(25(15)17)6-10(2)27-16)28-9-18(26)22-13-5-4-11(20)7-12(13)21/h4-8H,3,9H2,1-2H3,(H,22,26). The lowest BCUT2D eigenvalue weighted by atomic mass is 10.3. The fraction of sp³-hybridized carbons (Fsp3) is 0.211. The molecule has 0 aliphatic carbocycles. The molecule has 0 aliphatic heterocycles. The van der Waals surface area contributed by atoms with E-state index >= 15 is 0 Å². The Hall–Kier alpha value is -2.94. The van der Waals surface area contributed by atoms with Gasteiger partial charge < -0.3 is 9.73 Å². The van der Waals surface area contributed by atoms with E-state index in [9.17, 15) is 13.6 Å². The Balaban J connectivity index is 1.58. The van der Waals surface area contributed by atoms with Gasteiger partial charge in [0.05, 0.1) is 22.5 Å². The van der Waals surface area contributed by atoms with Crippen molar-refractivity contribution in [3.8, 4) is 0 Å². The summed E-state index contributed by atoms with van der Waals surface area (Å²) < 4.78 is 34.3. The topological polar surface area (TPSA) is 72.4 Å². The third-order valence-corrected chi connectivity index (χ3v) is 5.18. The number of nitrogens with one attached hydrogen (secondary N) is 1. The highest BCUT2D eigenvalue weighted by atomic mass is 32.2. The normalized spacial score (nSPS) is 11.4. The predicted octanol–water partition coefficient (Wildman–Crippen LogP) is 4.36. The minimum Gasteiger partial charge on any atom is -0.460 e. The first kappa shape index (κ1) is 18.4. The van der Waals surface area contributed by atoms with E-state index in [1.165, 1.54) is 17.8 Å². The summed E-state index contributed by atoms with van der Waals surface area (Å²) >= 11 is 1.18. The number of amides is 1. The van der Waals surface area contributed by atoms with Gasteiger partial charge in [-0.2, -0.15) is 0 Å². The first-order valence-corrected chi connectivity index (χ1v) is 9.59. The Morgan fingerprint density at radius 3 is 2.79 bits per heavy atom. The van der Waals surface area contributed by atoms with Crippen LogP contribution >= 0.6 is 11.8 Å². The van der Waals surface area contributed by atoms with Crippen LogP contribution in [0.15, 0.2) is 39.8 Å². The molecule has 4 rings (SSSR count). The molecule has 0 aliphatic rings. The van der Waals surface area contributed by atoms with E-state index in [1.807, 2.05) is 30.4 Å². The molecule has 0 fully saturated rings. The van der Waals surface area contributed by atoms with E-state index in [1.54, 1.807) is 0 Å². The molecule has 0 saturated carbocycles. The molecule has 1 N–H and O–H groups in total. The number of fused-ring (bicyclic) bond motifs is 3. The van der Waals surface area contributed by atoms with Gasteiger partial charge in [0.25, 0.3) is 0 Å². The number of furan rings is 1. The summed E-state index contributed by atoms with van der Waals surface area (Å²) in [6.07, 6.45) is 0.687. The fourth-order valence-electron chi connectivity index (χ4n) is 2.99. The number of carbonyl (C=O) groups excluding carboxylic acids is 1. The molecule has 9 heteroatoms. The molecule has 144 valence electrons. The summed E-state index contributed by atoms with van der Waals surface area (Å²) in [5.74, 6) is -0.373. The van der Waals surface area contributed by atoms with Crippen molar-refractivity contribution < 1.29 is 18.0 Å². The van der Waals surface area contributed by atoms with Crippen molar-refractivity contribution in [3.05, 3.63) is 53.6 Å². The van der Waals surface area contributed by atoms with Crippen LogP contribution < -0.4 is 5.32 Å².